The maximum Gasteiger partial charge on any atom is 0.123 e. The Bertz CT molecular complexity index is 375. The van der Waals surface area contributed by atoms with Crippen LogP contribution in [0.5, 0.6) is 0 Å². The van der Waals surface area contributed by atoms with Crippen molar-refractivity contribution < 1.29 is 4.39 Å². The lowest BCUT2D eigenvalue weighted by Crippen LogP contribution is -2.29. The van der Waals surface area contributed by atoms with Crippen LogP contribution in [0.1, 0.15) is 44.4 Å². The minimum Gasteiger partial charge on any atom is -0.310 e. The van der Waals surface area contributed by atoms with Gasteiger partial charge in [0.1, 0.15) is 5.82 Å². The fraction of sp³-hybridized carbons (Fsp3) is 0.625. The first-order valence-electron chi connectivity index (χ1n) is 7.34. The zero-order valence-electron chi connectivity index (χ0n) is 12.7. The zero-order chi connectivity index (χ0) is 14.3. The van der Waals surface area contributed by atoms with Crippen molar-refractivity contribution in [3.05, 3.63) is 35.1 Å². The second kappa shape index (κ2) is 8.28. The number of rotatable bonds is 8. The molecule has 1 rings (SSSR count). The summed E-state index contributed by atoms with van der Waals surface area (Å²) in [6.45, 7) is 12.6. The molecule has 1 N–H and O–H groups in total. The third-order valence-electron chi connectivity index (χ3n) is 3.69. The maximum atomic E-state index is 13.2. The quantitative estimate of drug-likeness (QED) is 0.774. The van der Waals surface area contributed by atoms with Gasteiger partial charge in [0.2, 0.25) is 0 Å². The normalized spacial score (nSPS) is 12.9. The van der Waals surface area contributed by atoms with Gasteiger partial charge in [-0.25, -0.2) is 4.39 Å². The summed E-state index contributed by atoms with van der Waals surface area (Å²) in [7, 11) is 0. The average Bonchev–Trinajstić information content (AvgIpc) is 2.39. The molecule has 0 amide bonds. The van der Waals surface area contributed by atoms with E-state index in [4.69, 9.17) is 0 Å². The Balaban J connectivity index is 2.76. The minimum atomic E-state index is -0.153. The highest BCUT2D eigenvalue weighted by Gasteiger charge is 2.14. The summed E-state index contributed by atoms with van der Waals surface area (Å²) in [6, 6.07) is 5.41. The number of nitrogens with one attached hydrogen (secondary N) is 1. The molecule has 108 valence electrons. The predicted octanol–water partition coefficient (Wildman–Crippen LogP) is 3.52. The van der Waals surface area contributed by atoms with Crippen LogP contribution in [-0.4, -0.2) is 31.1 Å². The Morgan fingerprint density at radius 3 is 2.42 bits per heavy atom. The van der Waals surface area contributed by atoms with Crippen LogP contribution in [0.15, 0.2) is 18.2 Å². The summed E-state index contributed by atoms with van der Waals surface area (Å²) < 4.78 is 13.2. The largest absolute Gasteiger partial charge is 0.310 e. The summed E-state index contributed by atoms with van der Waals surface area (Å²) >= 11 is 0. The van der Waals surface area contributed by atoms with E-state index in [2.05, 4.69) is 31.0 Å². The first-order valence-corrected chi connectivity index (χ1v) is 7.34. The van der Waals surface area contributed by atoms with Crippen molar-refractivity contribution in [2.75, 3.05) is 26.2 Å². The van der Waals surface area contributed by atoms with Crippen LogP contribution in [0.25, 0.3) is 0 Å². The molecule has 1 unspecified atom stereocenters. The number of hydrogen-bond acceptors (Lipinski definition) is 2. The smallest absolute Gasteiger partial charge is 0.123 e. The molecular weight excluding hydrogens is 239 g/mol. The average molecular weight is 266 g/mol. The Morgan fingerprint density at radius 1 is 1.21 bits per heavy atom. The van der Waals surface area contributed by atoms with Crippen molar-refractivity contribution in [2.45, 2.75) is 40.2 Å². The number of halogens is 1. The molecule has 3 heteroatoms. The van der Waals surface area contributed by atoms with Gasteiger partial charge in [0.05, 0.1) is 0 Å². The van der Waals surface area contributed by atoms with Gasteiger partial charge in [-0.1, -0.05) is 26.8 Å². The minimum absolute atomic E-state index is 0.153. The van der Waals surface area contributed by atoms with E-state index in [-0.39, 0.29) is 5.82 Å². The molecule has 0 aliphatic heterocycles. The summed E-state index contributed by atoms with van der Waals surface area (Å²) in [4.78, 5) is 2.42. The lowest BCUT2D eigenvalue weighted by molar-refractivity contribution is 0.282. The van der Waals surface area contributed by atoms with Gasteiger partial charge < -0.3 is 10.2 Å². The molecule has 1 aromatic rings. The molecule has 0 fully saturated rings. The summed E-state index contributed by atoms with van der Waals surface area (Å²) in [5.74, 6) is -0.153. The molecule has 0 bridgehead atoms. The van der Waals surface area contributed by atoms with Crippen LogP contribution in [0.3, 0.4) is 0 Å². The molecule has 0 heterocycles. The van der Waals surface area contributed by atoms with Gasteiger partial charge >= 0.3 is 0 Å². The van der Waals surface area contributed by atoms with Crippen molar-refractivity contribution in [1.29, 1.82) is 0 Å². The van der Waals surface area contributed by atoms with Gasteiger partial charge in [-0.05, 0) is 62.8 Å². The van der Waals surface area contributed by atoms with E-state index in [1.165, 1.54) is 5.56 Å². The van der Waals surface area contributed by atoms with E-state index in [1.807, 2.05) is 13.0 Å². The molecule has 0 aromatic heterocycles. The Kier molecular flexibility index (Phi) is 7.03. The summed E-state index contributed by atoms with van der Waals surface area (Å²) in [5.41, 5.74) is 2.25. The predicted molar refractivity (Wildman–Crippen MR) is 80.0 cm³/mol. The van der Waals surface area contributed by atoms with Crippen LogP contribution in [0.2, 0.25) is 0 Å². The van der Waals surface area contributed by atoms with Crippen molar-refractivity contribution in [1.82, 2.24) is 10.2 Å². The second-order valence-electron chi connectivity index (χ2n) is 4.93. The molecule has 0 spiro atoms. The third kappa shape index (κ3) is 4.92. The van der Waals surface area contributed by atoms with E-state index in [0.717, 1.165) is 38.2 Å². The first kappa shape index (κ1) is 16.1. The van der Waals surface area contributed by atoms with Crippen LogP contribution < -0.4 is 5.32 Å². The van der Waals surface area contributed by atoms with Gasteiger partial charge in [-0.3, -0.25) is 0 Å². The Hall–Kier alpha value is -0.930. The number of nitrogens with zero attached hydrogens (tertiary/aromatic N) is 1. The molecule has 1 aromatic carbocycles. The first-order chi connectivity index (χ1) is 9.12. The Morgan fingerprint density at radius 2 is 1.89 bits per heavy atom. The summed E-state index contributed by atoms with van der Waals surface area (Å²) in [5, 5.41) is 3.51. The van der Waals surface area contributed by atoms with Gasteiger partial charge in [0.15, 0.2) is 0 Å². The molecule has 0 radical (unpaired) electrons. The van der Waals surface area contributed by atoms with Gasteiger partial charge in [0, 0.05) is 6.04 Å². The monoisotopic (exact) mass is 266 g/mol. The maximum absolute atomic E-state index is 13.2. The highest BCUT2D eigenvalue weighted by atomic mass is 19.1. The van der Waals surface area contributed by atoms with Gasteiger partial charge in [-0.2, -0.15) is 0 Å². The highest BCUT2D eigenvalue weighted by molar-refractivity contribution is 5.29. The van der Waals surface area contributed by atoms with Crippen molar-refractivity contribution in [3.8, 4) is 0 Å². The topological polar surface area (TPSA) is 15.3 Å². The third-order valence-corrected chi connectivity index (χ3v) is 3.69. The van der Waals surface area contributed by atoms with Gasteiger partial charge in [-0.15, -0.1) is 0 Å². The lowest BCUT2D eigenvalue weighted by atomic mass is 9.98. The molecule has 0 aliphatic rings. The molecule has 1 atom stereocenters. The SMILES string of the molecule is CCNC(CCN(CC)CC)c1ccc(F)cc1C. The van der Waals surface area contributed by atoms with Crippen LogP contribution in [0.4, 0.5) is 4.39 Å². The Labute approximate surface area is 117 Å². The van der Waals surface area contributed by atoms with Gasteiger partial charge in [0.25, 0.3) is 0 Å². The van der Waals surface area contributed by atoms with E-state index in [0.29, 0.717) is 6.04 Å². The van der Waals surface area contributed by atoms with E-state index in [1.54, 1.807) is 12.1 Å². The molecular formula is C16H27FN2. The van der Waals surface area contributed by atoms with Crippen molar-refractivity contribution in [3.63, 3.8) is 0 Å². The standard InChI is InChI=1S/C16H27FN2/c1-5-18-16(10-11-19(6-2)7-3)15-9-8-14(17)12-13(15)4/h8-9,12,16,18H,5-7,10-11H2,1-4H3. The number of benzene rings is 1. The van der Waals surface area contributed by atoms with Crippen molar-refractivity contribution >= 4 is 0 Å². The van der Waals surface area contributed by atoms with E-state index in [9.17, 15) is 4.39 Å². The summed E-state index contributed by atoms with van der Waals surface area (Å²) in [6.07, 6.45) is 1.06. The van der Waals surface area contributed by atoms with E-state index < -0.39 is 0 Å². The molecule has 0 aliphatic carbocycles. The van der Waals surface area contributed by atoms with Crippen LogP contribution >= 0.6 is 0 Å². The molecule has 0 saturated heterocycles. The van der Waals surface area contributed by atoms with Crippen LogP contribution in [0, 0.1) is 12.7 Å². The zero-order valence-corrected chi connectivity index (χ0v) is 12.7. The fourth-order valence-corrected chi connectivity index (χ4v) is 2.50. The van der Waals surface area contributed by atoms with E-state index >= 15 is 0 Å². The second-order valence-corrected chi connectivity index (χ2v) is 4.93. The molecule has 2 nitrogen and oxygen atoms in total. The fourth-order valence-electron chi connectivity index (χ4n) is 2.50. The molecule has 19 heavy (non-hydrogen) atoms. The molecule has 0 saturated carbocycles. The lowest BCUT2D eigenvalue weighted by Gasteiger charge is -2.24. The highest BCUT2D eigenvalue weighted by Crippen LogP contribution is 2.22. The number of hydrogen-bond donors (Lipinski definition) is 1. The number of aryl methyl sites for hydroxylation is 1. The van der Waals surface area contributed by atoms with Crippen molar-refractivity contribution in [2.24, 2.45) is 0 Å². The van der Waals surface area contributed by atoms with Crippen LogP contribution in [-0.2, 0) is 0 Å².